The highest BCUT2D eigenvalue weighted by Crippen LogP contribution is 2.20. The molecule has 58 valence electrons. The van der Waals surface area contributed by atoms with E-state index in [-0.39, 0.29) is 5.78 Å². The Hall–Kier alpha value is -0.530. The molecule has 1 aromatic carbocycles. The van der Waals surface area contributed by atoms with Gasteiger partial charge in [-0.2, -0.15) is 0 Å². The highest BCUT2D eigenvalue weighted by atomic mass is 35.5. The number of ketones is 1. The Labute approximate surface area is 74.9 Å². The largest absolute Gasteiger partial charge is 0.294 e. The lowest BCUT2D eigenvalue weighted by atomic mass is 10.8. The van der Waals surface area contributed by atoms with Crippen LogP contribution >= 0.6 is 23.2 Å². The molecule has 0 unspecified atom stereocenters. The van der Waals surface area contributed by atoms with Crippen LogP contribution in [0, 0.1) is 0 Å². The predicted octanol–water partition coefficient (Wildman–Crippen LogP) is 3.20. The van der Waals surface area contributed by atoms with Crippen LogP contribution < -0.4 is 0 Å². The molecule has 0 aliphatic heterocycles. The van der Waals surface area contributed by atoms with Crippen LogP contribution in [0.25, 0.3) is 0 Å². The van der Waals surface area contributed by atoms with Crippen molar-refractivity contribution in [3.63, 3.8) is 0 Å². The third kappa shape index (κ3) is 1.95. The molecule has 1 aromatic rings. The molecule has 0 aliphatic rings. The molecule has 0 saturated heterocycles. The summed E-state index contributed by atoms with van der Waals surface area (Å²) in [5.41, 5.74) is 0.510. The second-order valence-corrected chi connectivity index (χ2v) is 3.02. The average molecular weight is 201 g/mol. The summed E-state index contributed by atoms with van der Waals surface area (Å²) < 4.78 is 0. The van der Waals surface area contributed by atoms with Crippen molar-refractivity contribution in [3.8, 4) is 0 Å². The first-order valence-electron chi connectivity index (χ1n) is 3.07. The Morgan fingerprint density at radius 1 is 1.36 bits per heavy atom. The zero-order chi connectivity index (χ0) is 8.43. The van der Waals surface area contributed by atoms with E-state index in [0.29, 0.717) is 15.6 Å². The molecule has 0 fully saturated rings. The van der Waals surface area contributed by atoms with E-state index in [9.17, 15) is 4.79 Å². The second kappa shape index (κ2) is 3.24. The molecule has 0 bridgehead atoms. The maximum Gasteiger partial charge on any atom is 0.161 e. The van der Waals surface area contributed by atoms with Gasteiger partial charge in [0.05, 0.1) is 5.02 Å². The van der Waals surface area contributed by atoms with Crippen LogP contribution in [-0.2, 0) is 0 Å². The van der Waals surface area contributed by atoms with Crippen LogP contribution in [0.5, 0.6) is 0 Å². The first kappa shape index (κ1) is 8.57. The third-order valence-electron chi connectivity index (χ3n) is 1.31. The van der Waals surface area contributed by atoms with Crippen LogP contribution in [-0.4, -0.2) is 5.78 Å². The van der Waals surface area contributed by atoms with Crippen LogP contribution in [0.3, 0.4) is 0 Å². The Kier molecular flexibility index (Phi) is 2.53. The lowest BCUT2D eigenvalue weighted by molar-refractivity contribution is 0.101. The van der Waals surface area contributed by atoms with Crippen molar-refractivity contribution in [3.05, 3.63) is 33.8 Å². The molecule has 0 saturated carbocycles. The number of hydrogen-bond donors (Lipinski definition) is 0. The van der Waals surface area contributed by atoms with E-state index in [4.69, 9.17) is 23.2 Å². The predicted molar refractivity (Wildman–Crippen MR) is 46.5 cm³/mol. The maximum absolute atomic E-state index is 10.8. The lowest BCUT2D eigenvalue weighted by Crippen LogP contribution is -1.91. The average Bonchev–Trinajstić information content (AvgIpc) is 1.85. The highest BCUT2D eigenvalue weighted by Gasteiger charge is 2.04. The van der Waals surface area contributed by atoms with Gasteiger partial charge in [-0.25, -0.2) is 0 Å². The fourth-order valence-electron chi connectivity index (χ4n) is 0.775. The van der Waals surface area contributed by atoms with E-state index >= 15 is 0 Å². The summed E-state index contributed by atoms with van der Waals surface area (Å²) in [5, 5.41) is 0.949. The Morgan fingerprint density at radius 3 is 2.45 bits per heavy atom. The topological polar surface area (TPSA) is 17.1 Å². The van der Waals surface area contributed by atoms with Crippen molar-refractivity contribution < 1.29 is 4.79 Å². The Bertz CT molecular complexity index is 294. The van der Waals surface area contributed by atoms with Crippen LogP contribution in [0.1, 0.15) is 17.3 Å². The molecule has 3 heteroatoms. The highest BCUT2D eigenvalue weighted by molar-refractivity contribution is 6.36. The number of carbonyl (C=O) groups excluding carboxylic acids is 1. The fraction of sp³-hybridized carbons (Fsp3) is 0.125. The minimum Gasteiger partial charge on any atom is -0.294 e. The number of carbonyl (C=O) groups is 1. The molecule has 0 atom stereocenters. The Morgan fingerprint density at radius 2 is 2.00 bits per heavy atom. The van der Waals surface area contributed by atoms with Crippen LogP contribution in [0.15, 0.2) is 18.2 Å². The van der Waals surface area contributed by atoms with Gasteiger partial charge in [0.25, 0.3) is 0 Å². The summed E-state index contributed by atoms with van der Waals surface area (Å²) >= 11 is 11.3. The SMILES string of the molecule is CC(=O)[14c]1[14cH][14cH][14c](Cl)[14cH][14c]1Cl. The van der Waals surface area contributed by atoms with Gasteiger partial charge in [-0.3, -0.25) is 4.79 Å². The van der Waals surface area contributed by atoms with Crippen molar-refractivity contribution in [2.75, 3.05) is 0 Å². The smallest absolute Gasteiger partial charge is 0.161 e. The minimum absolute atomic E-state index is 0.0494. The third-order valence-corrected chi connectivity index (χ3v) is 1.86. The first-order chi connectivity index (χ1) is 5.11. The van der Waals surface area contributed by atoms with Gasteiger partial charge in [-0.15, -0.1) is 0 Å². The van der Waals surface area contributed by atoms with E-state index < -0.39 is 0 Å². The van der Waals surface area contributed by atoms with E-state index in [0.717, 1.165) is 0 Å². The Balaban J connectivity index is 3.20. The van der Waals surface area contributed by atoms with Gasteiger partial charge in [0.15, 0.2) is 5.78 Å². The number of Topliss-reactive ketones (excluding diaryl/α,β-unsaturated/α-hetero) is 1. The van der Waals surface area contributed by atoms with Gasteiger partial charge in [0.2, 0.25) is 0 Å². The molecule has 1 nitrogen and oxygen atoms in total. The van der Waals surface area contributed by atoms with Gasteiger partial charge >= 0.3 is 0 Å². The van der Waals surface area contributed by atoms with E-state index in [1.54, 1.807) is 18.2 Å². The van der Waals surface area contributed by atoms with Crippen LogP contribution in [0.4, 0.5) is 0 Å². The molecule has 0 aromatic heterocycles. The molecular formula is C8H6Cl2O. The quantitative estimate of drug-likeness (QED) is 0.637. The van der Waals surface area contributed by atoms with Crippen molar-refractivity contribution in [1.82, 2.24) is 0 Å². The van der Waals surface area contributed by atoms with Gasteiger partial charge in [-0.05, 0) is 25.1 Å². The van der Waals surface area contributed by atoms with Gasteiger partial charge in [-0.1, -0.05) is 23.2 Å². The number of rotatable bonds is 1. The summed E-state index contributed by atoms with van der Waals surface area (Å²) in [4.78, 5) is 10.8. The molecule has 0 N–H and O–H groups in total. The zero-order valence-corrected chi connectivity index (χ0v) is 7.41. The number of hydrogen-bond acceptors (Lipinski definition) is 1. The van der Waals surface area contributed by atoms with Crippen molar-refractivity contribution in [2.45, 2.75) is 6.92 Å². The molecular weight excluding hydrogens is 195 g/mol. The first-order valence-corrected chi connectivity index (χ1v) is 3.83. The molecule has 0 spiro atoms. The van der Waals surface area contributed by atoms with Crippen LogP contribution in [0.2, 0.25) is 10.0 Å². The molecule has 0 heterocycles. The summed E-state index contributed by atoms with van der Waals surface area (Å²) in [6.07, 6.45) is 0. The number of halogens is 2. The van der Waals surface area contributed by atoms with E-state index in [2.05, 4.69) is 0 Å². The molecule has 11 heavy (non-hydrogen) atoms. The molecule has 1 rings (SSSR count). The maximum atomic E-state index is 10.8. The lowest BCUT2D eigenvalue weighted by Gasteiger charge is -1.98. The zero-order valence-electron chi connectivity index (χ0n) is 5.90. The van der Waals surface area contributed by atoms with Gasteiger partial charge < -0.3 is 0 Å². The summed E-state index contributed by atoms with van der Waals surface area (Å²) in [6.45, 7) is 1.47. The summed E-state index contributed by atoms with van der Waals surface area (Å²) in [7, 11) is 0. The summed E-state index contributed by atoms with van der Waals surface area (Å²) in [6, 6.07) is 4.82. The summed E-state index contributed by atoms with van der Waals surface area (Å²) in [5.74, 6) is -0.0494. The van der Waals surface area contributed by atoms with E-state index in [1.165, 1.54) is 6.92 Å². The minimum atomic E-state index is -0.0494. The van der Waals surface area contributed by atoms with Gasteiger partial charge in [0, 0.05) is 10.6 Å². The molecule has 0 amide bonds. The van der Waals surface area contributed by atoms with Crippen molar-refractivity contribution in [1.29, 1.82) is 0 Å². The van der Waals surface area contributed by atoms with Crippen molar-refractivity contribution >= 4 is 29.0 Å². The van der Waals surface area contributed by atoms with E-state index in [1.807, 2.05) is 0 Å². The standard InChI is InChI=1S/C8H6Cl2O/c1-5(11)7-3-2-6(9)4-8(7)10/h2-4H,1H3/i2+2,3+2,4+2,6+2,7+2,8+2. The number of benzene rings is 1. The fourth-order valence-corrected chi connectivity index (χ4v) is 1.32. The molecule has 0 aliphatic carbocycles. The van der Waals surface area contributed by atoms with Crippen molar-refractivity contribution in [2.24, 2.45) is 0 Å². The normalized spacial score (nSPS) is 9.73. The molecule has 0 radical (unpaired) electrons. The van der Waals surface area contributed by atoms with Gasteiger partial charge in [0.1, 0.15) is 0 Å². The monoisotopic (exact) mass is 200 g/mol. The second-order valence-electron chi connectivity index (χ2n) is 2.18.